The van der Waals surface area contributed by atoms with Crippen LogP contribution >= 0.6 is 0 Å². The number of rotatable bonds is 3. The number of hydrogen-bond donors (Lipinski definition) is 2. The first-order valence-corrected chi connectivity index (χ1v) is 3.94. The summed E-state index contributed by atoms with van der Waals surface area (Å²) in [5.41, 5.74) is 0. The smallest absolute Gasteiger partial charge is 0.288 e. The molecule has 1 heterocycles. The van der Waals surface area contributed by atoms with Gasteiger partial charge < -0.3 is 0 Å². The van der Waals surface area contributed by atoms with Gasteiger partial charge in [0.15, 0.2) is 0 Å². The fourth-order valence-corrected chi connectivity index (χ4v) is 0.939. The fraction of sp³-hybridized carbons (Fsp3) is 0.375. The predicted molar refractivity (Wildman–Crippen MR) is 48.0 cm³/mol. The van der Waals surface area contributed by atoms with Crippen molar-refractivity contribution in [2.75, 3.05) is 0 Å². The molecule has 2 amide bonds. The van der Waals surface area contributed by atoms with E-state index in [9.17, 15) is 9.59 Å². The summed E-state index contributed by atoms with van der Waals surface area (Å²) in [6.07, 6.45) is 2.43. The Morgan fingerprint density at radius 1 is 1.46 bits per heavy atom. The van der Waals surface area contributed by atoms with Gasteiger partial charge in [-0.05, 0) is 13.3 Å². The molecule has 0 radical (unpaired) electrons. The van der Waals surface area contributed by atoms with Gasteiger partial charge in [0, 0.05) is 0 Å². The molecular formula is C8H11N3O2. The molecule has 5 nitrogen and oxygen atoms in total. The Balaban J connectivity index is 2.58. The number of nitrogens with one attached hydrogen (secondary N) is 2. The van der Waals surface area contributed by atoms with E-state index in [4.69, 9.17) is 0 Å². The van der Waals surface area contributed by atoms with Crippen molar-refractivity contribution in [2.24, 2.45) is 4.99 Å². The molecule has 1 atom stereocenters. The lowest BCUT2D eigenvalue weighted by atomic mass is 10.2. The molecule has 1 saturated heterocycles. The number of guanidine groups is 1. The third-order valence-corrected chi connectivity index (χ3v) is 1.53. The molecule has 1 rings (SSSR count). The number of carbonyl (C=O) groups excluding carboxylic acids is 2. The predicted octanol–water partition coefficient (Wildman–Crippen LogP) is -0.447. The van der Waals surface area contributed by atoms with E-state index in [0.29, 0.717) is 6.42 Å². The summed E-state index contributed by atoms with van der Waals surface area (Å²) < 4.78 is 0. The van der Waals surface area contributed by atoms with Gasteiger partial charge in [0.1, 0.15) is 0 Å². The first-order valence-electron chi connectivity index (χ1n) is 3.94. The molecule has 0 saturated carbocycles. The number of nitrogens with zero attached hydrogens (tertiary/aromatic N) is 1. The van der Waals surface area contributed by atoms with E-state index in [2.05, 4.69) is 22.2 Å². The third kappa shape index (κ3) is 2.40. The minimum absolute atomic E-state index is 0.00574. The zero-order chi connectivity index (χ0) is 9.84. The van der Waals surface area contributed by atoms with Crippen molar-refractivity contribution in [1.29, 1.82) is 0 Å². The van der Waals surface area contributed by atoms with Gasteiger partial charge in [-0.3, -0.25) is 20.2 Å². The summed E-state index contributed by atoms with van der Waals surface area (Å²) in [7, 11) is 0. The topological polar surface area (TPSA) is 70.6 Å². The van der Waals surface area contributed by atoms with Crippen LogP contribution in [0, 0.1) is 0 Å². The minimum Gasteiger partial charge on any atom is -0.288 e. The second-order valence-electron chi connectivity index (χ2n) is 2.76. The molecule has 1 aliphatic rings. The number of hydrogen-bond acceptors (Lipinski definition) is 3. The molecule has 13 heavy (non-hydrogen) atoms. The van der Waals surface area contributed by atoms with Gasteiger partial charge in [0.2, 0.25) is 5.96 Å². The third-order valence-electron chi connectivity index (χ3n) is 1.53. The van der Waals surface area contributed by atoms with Crippen molar-refractivity contribution in [3.63, 3.8) is 0 Å². The normalized spacial score (nSPS) is 17.8. The van der Waals surface area contributed by atoms with Crippen LogP contribution in [0.4, 0.5) is 0 Å². The van der Waals surface area contributed by atoms with Crippen LogP contribution in [0.5, 0.6) is 0 Å². The molecule has 1 fully saturated rings. The Hall–Kier alpha value is -1.65. The maximum absolute atomic E-state index is 10.7. The Morgan fingerprint density at radius 3 is 2.46 bits per heavy atom. The summed E-state index contributed by atoms with van der Waals surface area (Å²) in [5, 5.41) is 4.62. The first kappa shape index (κ1) is 9.44. The summed E-state index contributed by atoms with van der Waals surface area (Å²) in [4.78, 5) is 25.4. The van der Waals surface area contributed by atoms with E-state index in [1.165, 1.54) is 0 Å². The lowest BCUT2D eigenvalue weighted by Gasteiger charge is -2.02. The van der Waals surface area contributed by atoms with Gasteiger partial charge in [-0.25, -0.2) is 4.99 Å². The molecule has 1 unspecified atom stereocenters. The Labute approximate surface area is 75.9 Å². The van der Waals surface area contributed by atoms with Crippen molar-refractivity contribution in [1.82, 2.24) is 10.6 Å². The monoisotopic (exact) mass is 181 g/mol. The van der Waals surface area contributed by atoms with Gasteiger partial charge in [-0.1, -0.05) is 6.08 Å². The minimum atomic E-state index is -0.662. The van der Waals surface area contributed by atoms with Gasteiger partial charge in [0.05, 0.1) is 6.04 Å². The van der Waals surface area contributed by atoms with Crippen LogP contribution in [-0.2, 0) is 9.59 Å². The van der Waals surface area contributed by atoms with Crippen LogP contribution in [0.3, 0.4) is 0 Å². The molecular weight excluding hydrogens is 170 g/mol. The van der Waals surface area contributed by atoms with Gasteiger partial charge in [-0.2, -0.15) is 0 Å². The van der Waals surface area contributed by atoms with E-state index >= 15 is 0 Å². The number of aliphatic imine (C=N–C) groups is 1. The first-order chi connectivity index (χ1) is 6.13. The maximum Gasteiger partial charge on any atom is 0.316 e. The molecule has 0 bridgehead atoms. The highest BCUT2D eigenvalue weighted by Gasteiger charge is 2.25. The quantitative estimate of drug-likeness (QED) is 0.457. The zero-order valence-electron chi connectivity index (χ0n) is 7.33. The SMILES string of the molecule is C=CCC(C)N=C1NC(=O)C(=O)N1. The highest BCUT2D eigenvalue weighted by Crippen LogP contribution is 1.97. The lowest BCUT2D eigenvalue weighted by molar-refractivity contribution is -0.135. The summed E-state index contributed by atoms with van der Waals surface area (Å²) in [6.45, 7) is 5.43. The average Bonchev–Trinajstić information content (AvgIpc) is 2.31. The van der Waals surface area contributed by atoms with Crippen molar-refractivity contribution in [2.45, 2.75) is 19.4 Å². The van der Waals surface area contributed by atoms with E-state index in [1.54, 1.807) is 6.08 Å². The van der Waals surface area contributed by atoms with Crippen LogP contribution in [0.25, 0.3) is 0 Å². The Kier molecular flexibility index (Phi) is 2.79. The second kappa shape index (κ2) is 3.84. The van der Waals surface area contributed by atoms with E-state index in [0.717, 1.165) is 0 Å². The van der Waals surface area contributed by atoms with Gasteiger partial charge in [-0.15, -0.1) is 6.58 Å². The maximum atomic E-state index is 10.7. The van der Waals surface area contributed by atoms with Gasteiger partial charge >= 0.3 is 11.8 Å². The fourth-order valence-electron chi connectivity index (χ4n) is 0.939. The zero-order valence-corrected chi connectivity index (χ0v) is 7.33. The standard InChI is InChI=1S/C8H11N3O2/c1-3-4-5(2)9-8-10-6(12)7(13)11-8/h3,5H,1,4H2,2H3,(H2,9,10,11,12,13). The second-order valence-corrected chi connectivity index (χ2v) is 2.76. The summed E-state index contributed by atoms with van der Waals surface area (Å²) >= 11 is 0. The van der Waals surface area contributed by atoms with E-state index < -0.39 is 11.8 Å². The van der Waals surface area contributed by atoms with Crippen LogP contribution in [0.15, 0.2) is 17.6 Å². The van der Waals surface area contributed by atoms with Gasteiger partial charge in [0.25, 0.3) is 0 Å². The lowest BCUT2D eigenvalue weighted by Crippen LogP contribution is -2.27. The van der Waals surface area contributed by atoms with E-state index in [1.807, 2.05) is 6.92 Å². The molecule has 5 heteroatoms. The molecule has 70 valence electrons. The Bertz CT molecular complexity index is 265. The molecule has 0 aromatic carbocycles. The van der Waals surface area contributed by atoms with Crippen LogP contribution in [-0.4, -0.2) is 23.8 Å². The molecule has 2 N–H and O–H groups in total. The van der Waals surface area contributed by atoms with Crippen LogP contribution < -0.4 is 10.6 Å². The van der Waals surface area contributed by atoms with Crippen molar-refractivity contribution < 1.29 is 9.59 Å². The number of carbonyl (C=O) groups is 2. The summed E-state index contributed by atoms with van der Waals surface area (Å²) in [6, 6.07) is 0.00574. The largest absolute Gasteiger partial charge is 0.316 e. The highest BCUT2D eigenvalue weighted by atomic mass is 16.2. The molecule has 1 aliphatic heterocycles. The van der Waals surface area contributed by atoms with Crippen LogP contribution in [0.1, 0.15) is 13.3 Å². The summed E-state index contributed by atoms with van der Waals surface area (Å²) in [5.74, 6) is -1.10. The van der Waals surface area contributed by atoms with Crippen molar-refractivity contribution in [3.05, 3.63) is 12.7 Å². The number of amides is 2. The highest BCUT2D eigenvalue weighted by molar-refractivity contribution is 6.45. The Morgan fingerprint density at radius 2 is 2.00 bits per heavy atom. The molecule has 0 spiro atoms. The van der Waals surface area contributed by atoms with E-state index in [-0.39, 0.29) is 12.0 Å². The van der Waals surface area contributed by atoms with Crippen molar-refractivity contribution >= 4 is 17.8 Å². The molecule has 0 aromatic heterocycles. The molecule has 0 aromatic rings. The van der Waals surface area contributed by atoms with Crippen LogP contribution in [0.2, 0.25) is 0 Å². The van der Waals surface area contributed by atoms with Crippen molar-refractivity contribution in [3.8, 4) is 0 Å². The molecule has 0 aliphatic carbocycles. The average molecular weight is 181 g/mol.